The van der Waals surface area contributed by atoms with E-state index in [4.69, 9.17) is 5.73 Å². The molecule has 1 aromatic heterocycles. The Morgan fingerprint density at radius 1 is 1.14 bits per heavy atom. The number of amides is 1. The molecule has 110 valence electrons. The quantitative estimate of drug-likeness (QED) is 0.848. The van der Waals surface area contributed by atoms with E-state index in [1.807, 2.05) is 6.92 Å². The molecule has 0 saturated carbocycles. The highest BCUT2D eigenvalue weighted by atomic mass is 16.2. The fourth-order valence-electron chi connectivity index (χ4n) is 1.99. The summed E-state index contributed by atoms with van der Waals surface area (Å²) < 4.78 is 1.44. The van der Waals surface area contributed by atoms with Crippen molar-refractivity contribution in [2.45, 2.75) is 26.3 Å². The average molecular weight is 285 g/mol. The number of hydrogen-bond acceptors (Lipinski definition) is 3. The summed E-state index contributed by atoms with van der Waals surface area (Å²) in [6.45, 7) is 5.30. The molecule has 0 aliphatic heterocycles. The molecule has 0 unspecified atom stereocenters. The van der Waals surface area contributed by atoms with Gasteiger partial charge in [-0.1, -0.05) is 6.07 Å². The predicted octanol–water partition coefficient (Wildman–Crippen LogP) is 2.11. The molecule has 5 heteroatoms. The van der Waals surface area contributed by atoms with Crippen LogP contribution in [0.5, 0.6) is 0 Å². The molecule has 1 heterocycles. The van der Waals surface area contributed by atoms with Crippen molar-refractivity contribution in [3.63, 3.8) is 0 Å². The first-order valence-electron chi connectivity index (χ1n) is 6.67. The number of hydrogen-bond donors (Lipinski definition) is 2. The van der Waals surface area contributed by atoms with E-state index in [2.05, 4.69) is 5.32 Å². The first-order valence-corrected chi connectivity index (χ1v) is 6.67. The number of rotatable bonds is 3. The van der Waals surface area contributed by atoms with Gasteiger partial charge in [-0.25, -0.2) is 0 Å². The van der Waals surface area contributed by atoms with Gasteiger partial charge in [0, 0.05) is 23.6 Å². The van der Waals surface area contributed by atoms with E-state index in [1.165, 1.54) is 10.6 Å². The Balaban J connectivity index is 2.30. The topological polar surface area (TPSA) is 77.1 Å². The van der Waals surface area contributed by atoms with Gasteiger partial charge in [-0.3, -0.25) is 9.59 Å². The van der Waals surface area contributed by atoms with Crippen LogP contribution >= 0.6 is 0 Å². The van der Waals surface area contributed by atoms with Crippen molar-refractivity contribution in [2.75, 3.05) is 11.1 Å². The van der Waals surface area contributed by atoms with Gasteiger partial charge in [0.05, 0.1) is 0 Å². The molecular weight excluding hydrogens is 266 g/mol. The van der Waals surface area contributed by atoms with Crippen molar-refractivity contribution in [1.82, 2.24) is 4.57 Å². The van der Waals surface area contributed by atoms with Crippen molar-refractivity contribution in [1.29, 1.82) is 0 Å². The normalized spacial score (nSPS) is 11.2. The van der Waals surface area contributed by atoms with E-state index in [0.717, 1.165) is 5.56 Å². The zero-order valence-electron chi connectivity index (χ0n) is 12.4. The highest BCUT2D eigenvalue weighted by Gasteiger charge is 2.30. The van der Waals surface area contributed by atoms with Crippen LogP contribution in [-0.4, -0.2) is 10.5 Å². The average Bonchev–Trinajstić information content (AvgIpc) is 2.43. The summed E-state index contributed by atoms with van der Waals surface area (Å²) >= 11 is 0. The lowest BCUT2D eigenvalue weighted by molar-refractivity contribution is -0.123. The molecule has 0 atom stereocenters. The van der Waals surface area contributed by atoms with Gasteiger partial charge in [-0.05, 0) is 50.6 Å². The number of benzene rings is 1. The summed E-state index contributed by atoms with van der Waals surface area (Å²) in [5, 5.41) is 2.80. The number of nitrogens with two attached hydrogens (primary N) is 1. The Kier molecular flexibility index (Phi) is 3.84. The van der Waals surface area contributed by atoms with Gasteiger partial charge in [-0.2, -0.15) is 0 Å². The third-order valence-corrected chi connectivity index (χ3v) is 3.39. The van der Waals surface area contributed by atoms with Gasteiger partial charge < -0.3 is 15.6 Å². The first kappa shape index (κ1) is 14.8. The number of aromatic nitrogens is 1. The van der Waals surface area contributed by atoms with Crippen molar-refractivity contribution in [2.24, 2.45) is 0 Å². The fourth-order valence-corrected chi connectivity index (χ4v) is 1.99. The Hall–Kier alpha value is -2.56. The zero-order chi connectivity index (χ0) is 15.6. The molecule has 1 amide bonds. The van der Waals surface area contributed by atoms with Crippen LogP contribution in [0.3, 0.4) is 0 Å². The molecule has 0 bridgehead atoms. The van der Waals surface area contributed by atoms with Crippen LogP contribution in [0.15, 0.2) is 47.4 Å². The van der Waals surface area contributed by atoms with Gasteiger partial charge in [-0.15, -0.1) is 0 Å². The first-order chi connectivity index (χ1) is 9.80. The van der Waals surface area contributed by atoms with Crippen LogP contribution in [0.4, 0.5) is 11.4 Å². The maximum atomic E-state index is 12.5. The Labute approximate surface area is 123 Å². The number of aryl methyl sites for hydroxylation is 1. The molecule has 21 heavy (non-hydrogen) atoms. The Morgan fingerprint density at radius 3 is 2.38 bits per heavy atom. The number of anilines is 2. The van der Waals surface area contributed by atoms with Crippen molar-refractivity contribution in [3.8, 4) is 0 Å². The Morgan fingerprint density at radius 2 is 1.76 bits per heavy atom. The molecule has 1 aromatic carbocycles. The fraction of sp³-hybridized carbons (Fsp3) is 0.250. The standard InChI is InChI=1S/C16H19N3O2/c1-11-4-9-14(20)19(10-11)16(2,3)15(21)18-13-7-5-12(17)6-8-13/h4-10H,17H2,1-3H3,(H,18,21). The third kappa shape index (κ3) is 3.13. The lowest BCUT2D eigenvalue weighted by Crippen LogP contribution is -2.45. The molecular formula is C16H19N3O2. The van der Waals surface area contributed by atoms with E-state index in [-0.39, 0.29) is 11.5 Å². The molecule has 0 aliphatic carbocycles. The van der Waals surface area contributed by atoms with Crippen molar-refractivity contribution in [3.05, 3.63) is 58.5 Å². The van der Waals surface area contributed by atoms with Gasteiger partial charge in [0.15, 0.2) is 0 Å². The number of pyridine rings is 1. The van der Waals surface area contributed by atoms with Crippen molar-refractivity contribution < 1.29 is 4.79 Å². The molecule has 0 fully saturated rings. The van der Waals surface area contributed by atoms with Crippen molar-refractivity contribution >= 4 is 17.3 Å². The number of nitrogens with one attached hydrogen (secondary N) is 1. The van der Waals surface area contributed by atoms with Crippen LogP contribution in [0.2, 0.25) is 0 Å². The minimum atomic E-state index is -0.996. The van der Waals surface area contributed by atoms with Crippen LogP contribution < -0.4 is 16.6 Å². The molecule has 0 radical (unpaired) electrons. The maximum absolute atomic E-state index is 12.5. The second kappa shape index (κ2) is 5.44. The largest absolute Gasteiger partial charge is 0.399 e. The summed E-state index contributed by atoms with van der Waals surface area (Å²) in [4.78, 5) is 24.5. The minimum absolute atomic E-state index is 0.210. The molecule has 2 rings (SSSR count). The van der Waals surface area contributed by atoms with E-state index in [1.54, 1.807) is 50.4 Å². The second-order valence-corrected chi connectivity index (χ2v) is 5.55. The molecule has 0 spiro atoms. The molecule has 2 aromatic rings. The number of nitrogens with zero attached hydrogens (tertiary/aromatic N) is 1. The highest BCUT2D eigenvalue weighted by Crippen LogP contribution is 2.18. The van der Waals surface area contributed by atoms with E-state index >= 15 is 0 Å². The monoisotopic (exact) mass is 285 g/mol. The van der Waals surface area contributed by atoms with Crippen LogP contribution in [-0.2, 0) is 10.3 Å². The predicted molar refractivity (Wildman–Crippen MR) is 84.2 cm³/mol. The van der Waals surface area contributed by atoms with E-state index in [0.29, 0.717) is 11.4 Å². The van der Waals surface area contributed by atoms with Crippen LogP contribution in [0, 0.1) is 6.92 Å². The molecule has 3 N–H and O–H groups in total. The number of carbonyl (C=O) groups is 1. The summed E-state index contributed by atoms with van der Waals surface area (Å²) in [5.74, 6) is -0.264. The van der Waals surface area contributed by atoms with Gasteiger partial charge in [0.1, 0.15) is 5.54 Å². The van der Waals surface area contributed by atoms with Gasteiger partial charge >= 0.3 is 0 Å². The molecule has 0 aliphatic rings. The SMILES string of the molecule is Cc1ccc(=O)n(C(C)(C)C(=O)Nc2ccc(N)cc2)c1. The lowest BCUT2D eigenvalue weighted by atomic mass is 10.0. The number of carbonyl (C=O) groups excluding carboxylic acids is 1. The molecule has 0 saturated heterocycles. The number of nitrogen functional groups attached to an aromatic ring is 1. The Bertz CT molecular complexity index is 715. The summed E-state index contributed by atoms with van der Waals surface area (Å²) in [6, 6.07) is 10.1. The summed E-state index contributed by atoms with van der Waals surface area (Å²) in [7, 11) is 0. The maximum Gasteiger partial charge on any atom is 0.251 e. The summed E-state index contributed by atoms with van der Waals surface area (Å²) in [6.07, 6.45) is 1.69. The van der Waals surface area contributed by atoms with Gasteiger partial charge in [0.25, 0.3) is 5.56 Å². The smallest absolute Gasteiger partial charge is 0.251 e. The minimum Gasteiger partial charge on any atom is -0.399 e. The summed E-state index contributed by atoms with van der Waals surface area (Å²) in [5.41, 5.74) is 6.60. The lowest BCUT2D eigenvalue weighted by Gasteiger charge is -2.26. The molecule has 5 nitrogen and oxygen atoms in total. The zero-order valence-corrected chi connectivity index (χ0v) is 12.4. The van der Waals surface area contributed by atoms with E-state index < -0.39 is 5.54 Å². The highest BCUT2D eigenvalue weighted by molar-refractivity contribution is 5.96. The van der Waals surface area contributed by atoms with Gasteiger partial charge in [0.2, 0.25) is 5.91 Å². The third-order valence-electron chi connectivity index (χ3n) is 3.39. The second-order valence-electron chi connectivity index (χ2n) is 5.55. The van der Waals surface area contributed by atoms with Crippen LogP contribution in [0.1, 0.15) is 19.4 Å². The van der Waals surface area contributed by atoms with Crippen LogP contribution in [0.25, 0.3) is 0 Å². The van der Waals surface area contributed by atoms with E-state index in [9.17, 15) is 9.59 Å².